The molecule has 0 aliphatic rings. The van der Waals surface area contributed by atoms with E-state index in [-0.39, 0.29) is 12.9 Å². The third kappa shape index (κ3) is 9.61. The molecule has 0 aromatic rings. The van der Waals surface area contributed by atoms with Crippen LogP contribution >= 0.6 is 0 Å². The van der Waals surface area contributed by atoms with E-state index in [1.807, 2.05) is 0 Å². The van der Waals surface area contributed by atoms with Gasteiger partial charge >= 0.3 is 7.12 Å². The van der Waals surface area contributed by atoms with Crippen LogP contribution in [0.25, 0.3) is 0 Å². The smallest absolute Gasteiger partial charge is 0.439 e. The van der Waals surface area contributed by atoms with Crippen LogP contribution in [0.1, 0.15) is 93.4 Å². The van der Waals surface area contributed by atoms with Crippen LogP contribution in [0, 0.1) is 11.3 Å². The summed E-state index contributed by atoms with van der Waals surface area (Å²) < 4.78 is 14.1. The summed E-state index contributed by atoms with van der Waals surface area (Å²) in [7, 11) is -3.84. The Balaban J connectivity index is 5.83. The summed E-state index contributed by atoms with van der Waals surface area (Å²) in [4.78, 5) is 0. The fourth-order valence-corrected chi connectivity index (χ4v) is 14.1. The van der Waals surface area contributed by atoms with Crippen molar-refractivity contribution < 1.29 is 8.69 Å². The van der Waals surface area contributed by atoms with E-state index in [0.717, 1.165) is 0 Å². The molecule has 0 amide bonds. The van der Waals surface area contributed by atoms with E-state index in [9.17, 15) is 5.26 Å². The summed E-state index contributed by atoms with van der Waals surface area (Å²) >= 11 is 0. The van der Waals surface area contributed by atoms with Gasteiger partial charge in [0.2, 0.25) is 0 Å². The van der Waals surface area contributed by atoms with Gasteiger partial charge in [0.15, 0.2) is 16.6 Å². The molecule has 0 saturated heterocycles. The molecule has 0 rings (SSSR count). The Labute approximate surface area is 179 Å². The Bertz CT molecular complexity index is 369. The lowest BCUT2D eigenvalue weighted by Crippen LogP contribution is -2.52. The van der Waals surface area contributed by atoms with Crippen LogP contribution < -0.4 is 0 Å². The van der Waals surface area contributed by atoms with Gasteiger partial charge in [-0.05, 0) is 36.3 Å². The van der Waals surface area contributed by atoms with Crippen molar-refractivity contribution in [3.05, 3.63) is 0 Å². The first-order valence-electron chi connectivity index (χ1n) is 12.1. The van der Waals surface area contributed by atoms with Crippen LogP contribution in [0.15, 0.2) is 0 Å². The second kappa shape index (κ2) is 15.7. The molecule has 6 heteroatoms. The van der Waals surface area contributed by atoms with Gasteiger partial charge in [-0.1, -0.05) is 87.0 Å². The van der Waals surface area contributed by atoms with Crippen molar-refractivity contribution in [1.82, 2.24) is 0 Å². The van der Waals surface area contributed by atoms with Crippen LogP contribution in [-0.4, -0.2) is 23.8 Å². The van der Waals surface area contributed by atoms with Crippen molar-refractivity contribution in [2.24, 2.45) is 0 Å². The van der Waals surface area contributed by atoms with Gasteiger partial charge in [0.05, 0.1) is 6.07 Å². The second-order valence-electron chi connectivity index (χ2n) is 8.81. The molecule has 0 fully saturated rings. The maximum Gasteiger partial charge on any atom is 0.439 e. The van der Waals surface area contributed by atoms with Gasteiger partial charge in [-0.3, -0.25) is 0 Å². The lowest BCUT2D eigenvalue weighted by molar-refractivity contribution is 0.377. The molecule has 28 heavy (non-hydrogen) atoms. The highest BCUT2D eigenvalue weighted by atomic mass is 28.4. The van der Waals surface area contributed by atoms with Crippen molar-refractivity contribution in [3.8, 4) is 6.07 Å². The summed E-state index contributed by atoms with van der Waals surface area (Å²) in [6.07, 6.45) is 7.65. The SMILES string of the molecule is CCC[Si](CCC)(CCC)OB(O[Si](CCC)(CCC)CCC)C(C)CC#N. The molecule has 0 aliphatic carbocycles. The summed E-state index contributed by atoms with van der Waals surface area (Å²) in [6.45, 7) is 15.9. The molecule has 0 spiro atoms. The Hall–Kier alpha value is -0.0913. The lowest BCUT2D eigenvalue weighted by Gasteiger charge is -2.41. The van der Waals surface area contributed by atoms with Crippen LogP contribution in [0.4, 0.5) is 0 Å². The lowest BCUT2D eigenvalue weighted by atomic mass is 9.72. The molecule has 0 radical (unpaired) electrons. The molecule has 3 nitrogen and oxygen atoms in total. The van der Waals surface area contributed by atoms with Gasteiger partial charge < -0.3 is 8.69 Å². The molecule has 0 N–H and O–H groups in total. The zero-order valence-electron chi connectivity index (χ0n) is 20.1. The van der Waals surface area contributed by atoms with Crippen molar-refractivity contribution in [2.75, 3.05) is 0 Å². The third-order valence-electron chi connectivity index (χ3n) is 5.84. The van der Waals surface area contributed by atoms with E-state index in [0.29, 0.717) is 6.42 Å². The minimum Gasteiger partial charge on any atom is -0.453 e. The van der Waals surface area contributed by atoms with Crippen molar-refractivity contribution in [3.63, 3.8) is 0 Å². The highest BCUT2D eigenvalue weighted by molar-refractivity contribution is 6.84. The fraction of sp³-hybridized carbons (Fsp3) is 0.955. The standard InChI is InChI=1S/C22H48BNO2Si2/c1-8-16-27(17-9-2,18-10-3)25-23(22(7)14-15-24)26-28(19-11-4,20-12-5)21-13-6/h22H,8-14,16-21H2,1-7H3. The number of nitriles is 1. The van der Waals surface area contributed by atoms with E-state index in [2.05, 4.69) is 54.5 Å². The minimum absolute atomic E-state index is 0.153. The molecular formula is C22H48BNO2Si2. The Morgan fingerprint density at radius 2 is 0.964 bits per heavy atom. The molecule has 0 heterocycles. The molecule has 0 aromatic heterocycles. The fourth-order valence-electron chi connectivity index (χ4n) is 4.83. The van der Waals surface area contributed by atoms with E-state index in [1.54, 1.807) is 0 Å². The molecule has 164 valence electrons. The first-order chi connectivity index (χ1) is 13.4. The topological polar surface area (TPSA) is 42.2 Å². The van der Waals surface area contributed by atoms with E-state index < -0.39 is 16.6 Å². The zero-order chi connectivity index (χ0) is 21.5. The molecule has 1 unspecified atom stereocenters. The molecule has 0 saturated carbocycles. The first-order valence-corrected chi connectivity index (χ1v) is 17.2. The molecule has 1 atom stereocenters. The normalized spacial score (nSPS) is 13.4. The summed E-state index contributed by atoms with van der Waals surface area (Å²) in [5, 5.41) is 9.36. The largest absolute Gasteiger partial charge is 0.453 e. The predicted octanol–water partition coefficient (Wildman–Crippen LogP) is 8.16. The van der Waals surface area contributed by atoms with Gasteiger partial charge in [-0.15, -0.1) is 0 Å². The van der Waals surface area contributed by atoms with E-state index in [4.69, 9.17) is 8.69 Å². The number of nitrogens with zero attached hydrogens (tertiary/aromatic N) is 1. The summed E-state index contributed by atoms with van der Waals surface area (Å²) in [5.74, 6) is 0.153. The second-order valence-corrected chi connectivity index (χ2v) is 17.0. The van der Waals surface area contributed by atoms with E-state index >= 15 is 0 Å². The number of rotatable bonds is 18. The van der Waals surface area contributed by atoms with Gasteiger partial charge in [-0.25, -0.2) is 0 Å². The van der Waals surface area contributed by atoms with Gasteiger partial charge in [0.1, 0.15) is 0 Å². The molecule has 0 aliphatic heterocycles. The van der Waals surface area contributed by atoms with Crippen LogP contribution in [0.3, 0.4) is 0 Å². The zero-order valence-corrected chi connectivity index (χ0v) is 22.1. The Morgan fingerprint density at radius 1 is 0.679 bits per heavy atom. The molecule has 0 aromatic carbocycles. The highest BCUT2D eigenvalue weighted by Gasteiger charge is 2.44. The van der Waals surface area contributed by atoms with Crippen molar-refractivity contribution >= 4 is 23.8 Å². The van der Waals surface area contributed by atoms with Crippen molar-refractivity contribution in [1.29, 1.82) is 5.26 Å². The minimum atomic E-state index is -1.83. The van der Waals surface area contributed by atoms with Gasteiger partial charge in [-0.2, -0.15) is 5.26 Å². The van der Waals surface area contributed by atoms with Gasteiger partial charge in [0, 0.05) is 12.2 Å². The summed E-state index contributed by atoms with van der Waals surface area (Å²) in [5.41, 5.74) is 0. The predicted molar refractivity (Wildman–Crippen MR) is 130 cm³/mol. The Morgan fingerprint density at radius 3 is 1.18 bits per heavy atom. The molecule has 0 bridgehead atoms. The van der Waals surface area contributed by atoms with Crippen LogP contribution in [0.2, 0.25) is 42.1 Å². The third-order valence-corrected chi connectivity index (χ3v) is 15.8. The van der Waals surface area contributed by atoms with Crippen LogP contribution in [0.5, 0.6) is 0 Å². The Kier molecular flexibility index (Phi) is 15.7. The van der Waals surface area contributed by atoms with E-state index in [1.165, 1.54) is 74.8 Å². The number of hydrogen-bond acceptors (Lipinski definition) is 3. The van der Waals surface area contributed by atoms with Crippen LogP contribution in [-0.2, 0) is 8.69 Å². The monoisotopic (exact) mass is 425 g/mol. The average Bonchev–Trinajstić information content (AvgIpc) is 2.63. The maximum absolute atomic E-state index is 9.36. The van der Waals surface area contributed by atoms with Crippen molar-refractivity contribution in [2.45, 2.75) is 135 Å². The van der Waals surface area contributed by atoms with Gasteiger partial charge in [0.25, 0.3) is 0 Å². The molecular weight excluding hydrogens is 377 g/mol. The first kappa shape index (κ1) is 27.9. The number of hydrogen-bond donors (Lipinski definition) is 0. The summed E-state index contributed by atoms with van der Waals surface area (Å²) in [6, 6.07) is 9.70. The highest BCUT2D eigenvalue weighted by Crippen LogP contribution is 2.35. The average molecular weight is 426 g/mol. The maximum atomic E-state index is 9.36. The quantitative estimate of drug-likeness (QED) is 0.208.